The number of nitrogen functional groups attached to an aromatic ring is 1. The first-order chi connectivity index (χ1) is 9.93. The quantitative estimate of drug-likeness (QED) is 0.823. The number of anilines is 1. The molecule has 0 saturated heterocycles. The van der Waals surface area contributed by atoms with Crippen LogP contribution in [0.1, 0.15) is 19.0 Å². The van der Waals surface area contributed by atoms with Crippen LogP contribution in [0, 0.1) is 11.3 Å². The molecule has 2 aromatic rings. The molecule has 7 nitrogen and oxygen atoms in total. The summed E-state index contributed by atoms with van der Waals surface area (Å²) >= 11 is 0. The van der Waals surface area contributed by atoms with Gasteiger partial charge in [0.15, 0.2) is 11.5 Å². The molecule has 0 bridgehead atoms. The van der Waals surface area contributed by atoms with Crippen molar-refractivity contribution in [2.24, 2.45) is 0 Å². The first-order valence-electron chi connectivity index (χ1n) is 6.11. The van der Waals surface area contributed by atoms with Crippen LogP contribution >= 0.6 is 0 Å². The lowest BCUT2D eigenvalue weighted by atomic mass is 9.82. The maximum absolute atomic E-state index is 14.9. The largest absolute Gasteiger partial charge is 0.382 e. The summed E-state index contributed by atoms with van der Waals surface area (Å²) in [6, 6.07) is 4.87. The number of nitrogens with zero attached hydrogens (tertiary/aromatic N) is 4. The Kier molecular flexibility index (Phi) is 3.61. The summed E-state index contributed by atoms with van der Waals surface area (Å²) in [5, 5.41) is 13.5. The number of hydrogen-bond donors (Lipinski definition) is 1. The second-order valence-electron chi connectivity index (χ2n) is 4.73. The zero-order valence-electron chi connectivity index (χ0n) is 11.6. The number of aldehydes is 1. The molecular weight excluding hydrogens is 277 g/mol. The van der Waals surface area contributed by atoms with Gasteiger partial charge in [0.1, 0.15) is 24.2 Å². The molecule has 2 heterocycles. The van der Waals surface area contributed by atoms with Gasteiger partial charge in [-0.2, -0.15) is 10.4 Å². The third kappa shape index (κ3) is 2.02. The lowest BCUT2D eigenvalue weighted by Crippen LogP contribution is -2.48. The molecule has 0 spiro atoms. The minimum absolute atomic E-state index is 0.142. The molecule has 0 radical (unpaired) electrons. The van der Waals surface area contributed by atoms with Crippen molar-refractivity contribution in [2.75, 3.05) is 12.8 Å². The van der Waals surface area contributed by atoms with E-state index in [1.165, 1.54) is 24.0 Å². The summed E-state index contributed by atoms with van der Waals surface area (Å²) in [6.45, 7) is 1.14. The van der Waals surface area contributed by atoms with Crippen LogP contribution in [0.4, 0.5) is 10.2 Å². The van der Waals surface area contributed by atoms with E-state index in [4.69, 9.17) is 10.5 Å². The number of nitriles is 1. The summed E-state index contributed by atoms with van der Waals surface area (Å²) in [5.41, 5.74) is 2.04. The Morgan fingerprint density at radius 3 is 2.90 bits per heavy atom. The van der Waals surface area contributed by atoms with E-state index in [2.05, 4.69) is 10.1 Å². The van der Waals surface area contributed by atoms with Crippen LogP contribution in [0.5, 0.6) is 0 Å². The lowest BCUT2D eigenvalue weighted by Gasteiger charge is -2.35. The molecule has 2 unspecified atom stereocenters. The molecule has 2 N–H and O–H groups in total. The highest BCUT2D eigenvalue weighted by Gasteiger charge is 2.53. The van der Waals surface area contributed by atoms with Crippen molar-refractivity contribution in [2.45, 2.75) is 24.6 Å². The molecule has 0 saturated carbocycles. The zero-order chi connectivity index (χ0) is 15.7. The van der Waals surface area contributed by atoms with Crippen molar-refractivity contribution in [3.05, 3.63) is 24.2 Å². The highest BCUT2D eigenvalue weighted by Crippen LogP contribution is 2.41. The van der Waals surface area contributed by atoms with E-state index in [-0.39, 0.29) is 11.5 Å². The van der Waals surface area contributed by atoms with Gasteiger partial charge >= 0.3 is 0 Å². The topological polar surface area (TPSA) is 106 Å². The molecule has 0 aliphatic heterocycles. The number of carbonyl (C=O) groups excluding carboxylic acids is 1. The Balaban J connectivity index is 2.75. The van der Waals surface area contributed by atoms with Crippen molar-refractivity contribution >= 4 is 17.6 Å². The molecule has 8 heteroatoms. The predicted molar refractivity (Wildman–Crippen MR) is 71.9 cm³/mol. The van der Waals surface area contributed by atoms with E-state index in [0.29, 0.717) is 11.8 Å². The first kappa shape index (κ1) is 14.9. The maximum atomic E-state index is 14.9. The average molecular weight is 291 g/mol. The first-order valence-corrected chi connectivity index (χ1v) is 6.11. The Morgan fingerprint density at radius 2 is 2.33 bits per heavy atom. The van der Waals surface area contributed by atoms with E-state index >= 15 is 0 Å². The standard InChI is InChI=1S/C13H14FN5O2/c1-12(14,5-6-20)13(7-15,21-2)10-4-3-9-11(16)17-8-18-19(9)10/h3-4,6,8H,5H2,1-2H3,(H2,16,17,18). The second kappa shape index (κ2) is 5.10. The number of rotatable bonds is 5. The highest BCUT2D eigenvalue weighted by molar-refractivity contribution is 5.66. The summed E-state index contributed by atoms with van der Waals surface area (Å²) in [6.07, 6.45) is 1.10. The minimum atomic E-state index is -2.24. The minimum Gasteiger partial charge on any atom is -0.382 e. The Bertz CT molecular complexity index is 721. The number of halogens is 1. The monoisotopic (exact) mass is 291 g/mol. The van der Waals surface area contributed by atoms with Crippen LogP contribution in [0.2, 0.25) is 0 Å². The number of methoxy groups -OCH3 is 1. The third-order valence-electron chi connectivity index (χ3n) is 3.51. The molecule has 2 aromatic heterocycles. The third-order valence-corrected chi connectivity index (χ3v) is 3.51. The SMILES string of the molecule is COC(C#N)(c1ccc2c(N)ncnn12)C(C)(F)CC=O. The van der Waals surface area contributed by atoms with Gasteiger partial charge in [0.25, 0.3) is 0 Å². The molecule has 2 rings (SSSR count). The molecule has 110 valence electrons. The molecule has 0 aliphatic rings. The summed E-state index contributed by atoms with van der Waals surface area (Å²) in [5.74, 6) is 0.190. The number of aromatic nitrogens is 3. The molecule has 2 atom stereocenters. The molecule has 0 aromatic carbocycles. The van der Waals surface area contributed by atoms with Gasteiger partial charge < -0.3 is 15.3 Å². The molecule has 0 amide bonds. The number of nitrogens with two attached hydrogens (primary N) is 1. The van der Waals surface area contributed by atoms with Crippen LogP contribution in [0.3, 0.4) is 0 Å². The van der Waals surface area contributed by atoms with Crippen LogP contribution < -0.4 is 5.73 Å². The predicted octanol–water partition coefficient (Wildman–Crippen LogP) is 0.994. The number of ether oxygens (including phenoxy) is 1. The average Bonchev–Trinajstić information content (AvgIpc) is 2.86. The van der Waals surface area contributed by atoms with E-state index in [1.54, 1.807) is 6.07 Å². The van der Waals surface area contributed by atoms with Crippen LogP contribution in [-0.4, -0.2) is 33.7 Å². The van der Waals surface area contributed by atoms with Crippen LogP contribution in [0.25, 0.3) is 5.52 Å². The second-order valence-corrected chi connectivity index (χ2v) is 4.73. The molecular formula is C13H14FN5O2. The fourth-order valence-electron chi connectivity index (χ4n) is 2.32. The normalized spacial score (nSPS) is 16.9. The number of hydrogen-bond acceptors (Lipinski definition) is 6. The van der Waals surface area contributed by atoms with Gasteiger partial charge in [-0.05, 0) is 19.1 Å². The van der Waals surface area contributed by atoms with E-state index < -0.39 is 17.7 Å². The summed E-state index contributed by atoms with van der Waals surface area (Å²) in [4.78, 5) is 14.6. The zero-order valence-corrected chi connectivity index (χ0v) is 11.6. The highest BCUT2D eigenvalue weighted by atomic mass is 19.1. The number of alkyl halides is 1. The van der Waals surface area contributed by atoms with Gasteiger partial charge in [-0.1, -0.05) is 0 Å². The summed E-state index contributed by atoms with van der Waals surface area (Å²) in [7, 11) is 1.20. The fraction of sp³-hybridized carbons (Fsp3) is 0.385. The smallest absolute Gasteiger partial charge is 0.230 e. The molecule has 0 fully saturated rings. The van der Waals surface area contributed by atoms with Crippen molar-refractivity contribution < 1.29 is 13.9 Å². The van der Waals surface area contributed by atoms with Gasteiger partial charge in [0.05, 0.1) is 5.69 Å². The van der Waals surface area contributed by atoms with Gasteiger partial charge in [-0.25, -0.2) is 13.9 Å². The molecule has 21 heavy (non-hydrogen) atoms. The van der Waals surface area contributed by atoms with Crippen molar-refractivity contribution in [1.82, 2.24) is 14.6 Å². The Labute approximate surface area is 120 Å². The van der Waals surface area contributed by atoms with E-state index in [9.17, 15) is 14.4 Å². The van der Waals surface area contributed by atoms with Gasteiger partial charge in [0.2, 0.25) is 5.60 Å². The van der Waals surface area contributed by atoms with Crippen molar-refractivity contribution in [3.63, 3.8) is 0 Å². The Hall–Kier alpha value is -2.53. The molecule has 0 aliphatic carbocycles. The lowest BCUT2D eigenvalue weighted by molar-refractivity contribution is -0.121. The Morgan fingerprint density at radius 1 is 1.62 bits per heavy atom. The maximum Gasteiger partial charge on any atom is 0.230 e. The van der Waals surface area contributed by atoms with Crippen LogP contribution in [-0.2, 0) is 15.1 Å². The van der Waals surface area contributed by atoms with Crippen molar-refractivity contribution in [3.8, 4) is 6.07 Å². The van der Waals surface area contributed by atoms with E-state index in [1.807, 2.05) is 6.07 Å². The summed E-state index contributed by atoms with van der Waals surface area (Å²) < 4.78 is 21.4. The van der Waals surface area contributed by atoms with E-state index in [0.717, 1.165) is 6.92 Å². The number of carbonyl (C=O) groups is 1. The van der Waals surface area contributed by atoms with Gasteiger partial charge in [-0.15, -0.1) is 0 Å². The van der Waals surface area contributed by atoms with Crippen molar-refractivity contribution in [1.29, 1.82) is 5.26 Å². The fourth-order valence-corrected chi connectivity index (χ4v) is 2.32. The number of fused-ring (bicyclic) bond motifs is 1. The van der Waals surface area contributed by atoms with Gasteiger partial charge in [0, 0.05) is 13.5 Å². The van der Waals surface area contributed by atoms with Gasteiger partial charge in [-0.3, -0.25) is 0 Å². The van der Waals surface area contributed by atoms with Crippen LogP contribution in [0.15, 0.2) is 18.5 Å².